The maximum absolute atomic E-state index is 5.06. The fraction of sp³-hybridized carbons (Fsp3) is 0.875. The van der Waals surface area contributed by atoms with Crippen molar-refractivity contribution in [2.24, 2.45) is 10.4 Å². The third-order valence-corrected chi connectivity index (χ3v) is 2.30. The largest absolute Gasteiger partial charge is 0.484 e. The van der Waals surface area contributed by atoms with E-state index in [1.807, 2.05) is 0 Å². The summed E-state index contributed by atoms with van der Waals surface area (Å²) < 4.78 is 5.06. The molecule has 0 spiro atoms. The van der Waals surface area contributed by atoms with Crippen LogP contribution < -0.4 is 0 Å². The first-order valence-electron chi connectivity index (χ1n) is 3.77. The summed E-state index contributed by atoms with van der Waals surface area (Å²) >= 11 is 0. The highest BCUT2D eigenvalue weighted by Crippen LogP contribution is 2.31. The van der Waals surface area contributed by atoms with Gasteiger partial charge in [-0.3, -0.25) is 4.99 Å². The lowest BCUT2D eigenvalue weighted by molar-refractivity contribution is 0.332. The van der Waals surface area contributed by atoms with E-state index in [-0.39, 0.29) is 0 Å². The first-order chi connectivity index (χ1) is 4.70. The molecule has 0 saturated carbocycles. The van der Waals surface area contributed by atoms with Crippen LogP contribution in [0.4, 0.5) is 0 Å². The maximum atomic E-state index is 5.06. The van der Waals surface area contributed by atoms with Crippen molar-refractivity contribution in [2.75, 3.05) is 13.7 Å². The van der Waals surface area contributed by atoms with E-state index in [1.54, 1.807) is 7.11 Å². The maximum Gasteiger partial charge on any atom is 0.183 e. The predicted octanol–water partition coefficient (Wildman–Crippen LogP) is 1.85. The van der Waals surface area contributed by atoms with Gasteiger partial charge in [0.2, 0.25) is 0 Å². The van der Waals surface area contributed by atoms with Crippen molar-refractivity contribution in [1.29, 1.82) is 0 Å². The van der Waals surface area contributed by atoms with Crippen LogP contribution in [0.5, 0.6) is 0 Å². The number of ether oxygens (including phenoxy) is 1. The molecular formula is C8H15NO. The van der Waals surface area contributed by atoms with Crippen molar-refractivity contribution in [3.8, 4) is 0 Å². The summed E-state index contributed by atoms with van der Waals surface area (Å²) in [6, 6.07) is 0. The van der Waals surface area contributed by atoms with Crippen LogP contribution in [0.3, 0.4) is 0 Å². The fourth-order valence-electron chi connectivity index (χ4n) is 1.13. The lowest BCUT2D eigenvalue weighted by atomic mass is 9.86. The average molecular weight is 141 g/mol. The van der Waals surface area contributed by atoms with Crippen LogP contribution >= 0.6 is 0 Å². The van der Waals surface area contributed by atoms with Crippen LogP contribution in [0.2, 0.25) is 0 Å². The molecule has 0 aromatic carbocycles. The van der Waals surface area contributed by atoms with Gasteiger partial charge in [-0.25, -0.2) is 0 Å². The highest BCUT2D eigenvalue weighted by Gasteiger charge is 2.29. The zero-order valence-corrected chi connectivity index (χ0v) is 6.98. The fourth-order valence-corrected chi connectivity index (χ4v) is 1.13. The molecular weight excluding hydrogens is 126 g/mol. The Balaban J connectivity index is 2.49. The van der Waals surface area contributed by atoms with Crippen LogP contribution in [0.25, 0.3) is 0 Å². The monoisotopic (exact) mass is 141 g/mol. The first kappa shape index (κ1) is 7.58. The molecule has 1 rings (SSSR count). The van der Waals surface area contributed by atoms with E-state index in [1.165, 1.54) is 6.42 Å². The standard InChI is InChI=1S/C8H15NO/c1-4-8(2)5-7(10-3)9-6-8/h4-6H2,1-3H3. The minimum Gasteiger partial charge on any atom is -0.484 e. The molecule has 1 unspecified atom stereocenters. The number of aliphatic imine (C=N–C) groups is 1. The molecule has 0 bridgehead atoms. The SMILES string of the molecule is CCC1(C)CN=C(OC)C1. The van der Waals surface area contributed by atoms with Crippen LogP contribution in [0, 0.1) is 5.41 Å². The van der Waals surface area contributed by atoms with E-state index >= 15 is 0 Å². The van der Waals surface area contributed by atoms with Gasteiger partial charge in [0.1, 0.15) is 0 Å². The molecule has 0 aromatic rings. The third-order valence-electron chi connectivity index (χ3n) is 2.30. The van der Waals surface area contributed by atoms with Crippen molar-refractivity contribution in [3.05, 3.63) is 0 Å². The summed E-state index contributed by atoms with van der Waals surface area (Å²) in [6.45, 7) is 5.39. The van der Waals surface area contributed by atoms with Crippen molar-refractivity contribution < 1.29 is 4.74 Å². The average Bonchev–Trinajstić information content (AvgIpc) is 2.33. The van der Waals surface area contributed by atoms with E-state index in [2.05, 4.69) is 18.8 Å². The summed E-state index contributed by atoms with van der Waals surface area (Å²) in [7, 11) is 1.69. The Morgan fingerprint density at radius 2 is 2.40 bits per heavy atom. The Morgan fingerprint density at radius 1 is 1.70 bits per heavy atom. The van der Waals surface area contributed by atoms with E-state index < -0.39 is 0 Å². The van der Waals surface area contributed by atoms with Gasteiger partial charge in [-0.1, -0.05) is 13.8 Å². The van der Waals surface area contributed by atoms with Gasteiger partial charge >= 0.3 is 0 Å². The molecule has 58 valence electrons. The molecule has 2 nitrogen and oxygen atoms in total. The van der Waals surface area contributed by atoms with E-state index in [9.17, 15) is 0 Å². The molecule has 10 heavy (non-hydrogen) atoms. The minimum absolute atomic E-state index is 0.380. The Morgan fingerprint density at radius 3 is 2.70 bits per heavy atom. The Hall–Kier alpha value is -0.530. The van der Waals surface area contributed by atoms with Crippen molar-refractivity contribution in [1.82, 2.24) is 0 Å². The molecule has 1 aliphatic rings. The zero-order chi connectivity index (χ0) is 7.61. The van der Waals surface area contributed by atoms with Gasteiger partial charge in [0, 0.05) is 13.0 Å². The van der Waals surface area contributed by atoms with Crippen molar-refractivity contribution in [3.63, 3.8) is 0 Å². The van der Waals surface area contributed by atoms with Crippen LogP contribution in [0.15, 0.2) is 4.99 Å². The summed E-state index contributed by atoms with van der Waals surface area (Å²) in [5.41, 5.74) is 0.380. The number of methoxy groups -OCH3 is 1. The number of rotatable bonds is 1. The molecule has 0 aliphatic carbocycles. The van der Waals surface area contributed by atoms with Crippen LogP contribution in [-0.2, 0) is 4.74 Å². The van der Waals surface area contributed by atoms with E-state index in [0.717, 1.165) is 18.9 Å². The van der Waals surface area contributed by atoms with Crippen molar-refractivity contribution in [2.45, 2.75) is 26.7 Å². The molecule has 1 atom stereocenters. The molecule has 0 aromatic heterocycles. The predicted molar refractivity (Wildman–Crippen MR) is 42.3 cm³/mol. The molecule has 1 heterocycles. The highest BCUT2D eigenvalue weighted by molar-refractivity contribution is 5.78. The van der Waals surface area contributed by atoms with Gasteiger partial charge in [-0.2, -0.15) is 0 Å². The van der Waals surface area contributed by atoms with Gasteiger partial charge in [0.05, 0.1) is 7.11 Å². The van der Waals surface area contributed by atoms with Crippen LogP contribution in [0.1, 0.15) is 26.7 Å². The highest BCUT2D eigenvalue weighted by atomic mass is 16.5. The van der Waals surface area contributed by atoms with Crippen molar-refractivity contribution >= 4 is 5.90 Å². The minimum atomic E-state index is 0.380. The number of hydrogen-bond donors (Lipinski definition) is 0. The first-order valence-corrected chi connectivity index (χ1v) is 3.77. The lowest BCUT2D eigenvalue weighted by Gasteiger charge is -2.18. The Bertz CT molecular complexity index is 153. The smallest absolute Gasteiger partial charge is 0.183 e. The Labute approximate surface area is 62.3 Å². The summed E-state index contributed by atoms with van der Waals surface area (Å²) in [4.78, 5) is 4.27. The van der Waals surface area contributed by atoms with Gasteiger partial charge in [0.25, 0.3) is 0 Å². The second-order valence-electron chi connectivity index (χ2n) is 3.26. The molecule has 0 saturated heterocycles. The second-order valence-corrected chi connectivity index (χ2v) is 3.26. The summed E-state index contributed by atoms with van der Waals surface area (Å²) in [5, 5.41) is 0. The Kier molecular flexibility index (Phi) is 1.97. The lowest BCUT2D eigenvalue weighted by Crippen LogP contribution is -2.16. The van der Waals surface area contributed by atoms with E-state index in [4.69, 9.17) is 4.74 Å². The molecule has 2 heteroatoms. The quantitative estimate of drug-likeness (QED) is 0.546. The zero-order valence-electron chi connectivity index (χ0n) is 6.98. The molecule has 0 amide bonds. The van der Waals surface area contributed by atoms with Gasteiger partial charge in [-0.15, -0.1) is 0 Å². The second kappa shape index (κ2) is 2.60. The molecule has 1 aliphatic heterocycles. The molecule has 0 radical (unpaired) electrons. The third kappa shape index (κ3) is 1.31. The van der Waals surface area contributed by atoms with Gasteiger partial charge in [0.15, 0.2) is 5.90 Å². The van der Waals surface area contributed by atoms with Gasteiger partial charge < -0.3 is 4.74 Å². The molecule has 0 fully saturated rings. The summed E-state index contributed by atoms with van der Waals surface area (Å²) in [6.07, 6.45) is 2.20. The van der Waals surface area contributed by atoms with Gasteiger partial charge in [-0.05, 0) is 11.8 Å². The van der Waals surface area contributed by atoms with Crippen LogP contribution in [-0.4, -0.2) is 19.6 Å². The topological polar surface area (TPSA) is 21.6 Å². The van der Waals surface area contributed by atoms with E-state index in [0.29, 0.717) is 5.41 Å². The number of hydrogen-bond acceptors (Lipinski definition) is 2. The molecule has 0 N–H and O–H groups in total. The number of nitrogens with zero attached hydrogens (tertiary/aromatic N) is 1. The normalized spacial score (nSPS) is 32.1. The summed E-state index contributed by atoms with van der Waals surface area (Å²) in [5.74, 6) is 0.921.